The number of nitrogens with zero attached hydrogens (tertiary/aromatic N) is 3. The SMILES string of the molecule is Cc1cnccc1C(N)Cc1ccn(C2CCCCC2)n1. The van der Waals surface area contributed by atoms with Gasteiger partial charge in [0.1, 0.15) is 0 Å². The van der Waals surface area contributed by atoms with Gasteiger partial charge in [0, 0.05) is 31.1 Å². The van der Waals surface area contributed by atoms with E-state index in [9.17, 15) is 0 Å². The Bertz CT molecular complexity index is 584. The van der Waals surface area contributed by atoms with Gasteiger partial charge in [0.15, 0.2) is 0 Å². The second-order valence-electron chi connectivity index (χ2n) is 6.12. The first-order chi connectivity index (χ1) is 10.2. The first-order valence-electron chi connectivity index (χ1n) is 7.94. The number of hydrogen-bond donors (Lipinski definition) is 1. The van der Waals surface area contributed by atoms with E-state index in [0.29, 0.717) is 6.04 Å². The third kappa shape index (κ3) is 3.32. The summed E-state index contributed by atoms with van der Waals surface area (Å²) in [5.41, 5.74) is 9.74. The summed E-state index contributed by atoms with van der Waals surface area (Å²) in [6, 6.07) is 4.71. The van der Waals surface area contributed by atoms with Gasteiger partial charge in [-0.3, -0.25) is 9.67 Å². The zero-order chi connectivity index (χ0) is 14.7. The van der Waals surface area contributed by atoms with Crippen LogP contribution in [0.1, 0.15) is 61.0 Å². The van der Waals surface area contributed by atoms with Gasteiger partial charge in [-0.05, 0) is 43.0 Å². The summed E-state index contributed by atoms with van der Waals surface area (Å²) in [7, 11) is 0. The highest BCUT2D eigenvalue weighted by Gasteiger charge is 2.17. The van der Waals surface area contributed by atoms with Gasteiger partial charge < -0.3 is 5.73 Å². The van der Waals surface area contributed by atoms with Gasteiger partial charge >= 0.3 is 0 Å². The maximum Gasteiger partial charge on any atom is 0.0643 e. The third-order valence-corrected chi connectivity index (χ3v) is 4.50. The lowest BCUT2D eigenvalue weighted by Crippen LogP contribution is -2.16. The molecule has 1 aliphatic rings. The zero-order valence-electron chi connectivity index (χ0n) is 12.7. The van der Waals surface area contributed by atoms with Gasteiger partial charge in [-0.15, -0.1) is 0 Å². The van der Waals surface area contributed by atoms with Crippen LogP contribution in [0, 0.1) is 6.92 Å². The van der Waals surface area contributed by atoms with Crippen LogP contribution >= 0.6 is 0 Å². The van der Waals surface area contributed by atoms with Crippen molar-refractivity contribution in [2.24, 2.45) is 5.73 Å². The van der Waals surface area contributed by atoms with Gasteiger partial charge in [0.05, 0.1) is 11.7 Å². The highest BCUT2D eigenvalue weighted by molar-refractivity contribution is 5.26. The average Bonchev–Trinajstić information content (AvgIpc) is 2.97. The largest absolute Gasteiger partial charge is 0.324 e. The predicted octanol–water partition coefficient (Wildman–Crippen LogP) is 3.33. The van der Waals surface area contributed by atoms with Crippen molar-refractivity contribution in [3.63, 3.8) is 0 Å². The van der Waals surface area contributed by atoms with Crippen molar-refractivity contribution in [1.29, 1.82) is 0 Å². The van der Waals surface area contributed by atoms with Crippen LogP contribution < -0.4 is 5.73 Å². The molecule has 2 N–H and O–H groups in total. The zero-order valence-corrected chi connectivity index (χ0v) is 12.7. The van der Waals surface area contributed by atoms with Crippen LogP contribution in [-0.4, -0.2) is 14.8 Å². The van der Waals surface area contributed by atoms with Crippen LogP contribution in [0.4, 0.5) is 0 Å². The standard InChI is InChI=1S/C17H24N4/c1-13-12-19-9-7-16(13)17(18)11-14-8-10-21(20-14)15-5-3-2-4-6-15/h7-10,12,15,17H,2-6,11,18H2,1H3. The van der Waals surface area contributed by atoms with E-state index < -0.39 is 0 Å². The summed E-state index contributed by atoms with van der Waals surface area (Å²) < 4.78 is 2.15. The minimum atomic E-state index is -0.0114. The third-order valence-electron chi connectivity index (χ3n) is 4.50. The van der Waals surface area contributed by atoms with Crippen LogP contribution in [0.25, 0.3) is 0 Å². The van der Waals surface area contributed by atoms with Gasteiger partial charge in [-0.2, -0.15) is 5.10 Å². The number of pyridine rings is 1. The summed E-state index contributed by atoms with van der Waals surface area (Å²) in [6.45, 7) is 2.06. The molecule has 3 rings (SSSR count). The Morgan fingerprint density at radius 3 is 2.86 bits per heavy atom. The number of rotatable bonds is 4. The summed E-state index contributed by atoms with van der Waals surface area (Å²) in [5.74, 6) is 0. The van der Waals surface area contributed by atoms with Crippen molar-refractivity contribution in [3.05, 3.63) is 47.5 Å². The maximum atomic E-state index is 6.34. The quantitative estimate of drug-likeness (QED) is 0.937. The smallest absolute Gasteiger partial charge is 0.0643 e. The average molecular weight is 284 g/mol. The highest BCUT2D eigenvalue weighted by atomic mass is 15.3. The molecular weight excluding hydrogens is 260 g/mol. The van der Waals surface area contributed by atoms with Crippen LogP contribution in [0.2, 0.25) is 0 Å². The number of aryl methyl sites for hydroxylation is 1. The van der Waals surface area contributed by atoms with E-state index in [-0.39, 0.29) is 6.04 Å². The van der Waals surface area contributed by atoms with Crippen molar-refractivity contribution in [3.8, 4) is 0 Å². The molecule has 0 aromatic carbocycles. The molecule has 2 aromatic rings. The van der Waals surface area contributed by atoms with Crippen molar-refractivity contribution >= 4 is 0 Å². The first-order valence-corrected chi connectivity index (χ1v) is 7.94. The molecule has 2 heterocycles. The van der Waals surface area contributed by atoms with Gasteiger partial charge in [0.25, 0.3) is 0 Å². The van der Waals surface area contributed by atoms with Crippen LogP contribution in [0.3, 0.4) is 0 Å². The van der Waals surface area contributed by atoms with E-state index in [0.717, 1.165) is 23.2 Å². The van der Waals surface area contributed by atoms with Crippen molar-refractivity contribution < 1.29 is 0 Å². The minimum Gasteiger partial charge on any atom is -0.324 e. The molecule has 0 spiro atoms. The Balaban J connectivity index is 1.68. The molecule has 4 nitrogen and oxygen atoms in total. The normalized spacial score (nSPS) is 17.8. The Morgan fingerprint density at radius 1 is 1.29 bits per heavy atom. The van der Waals surface area contributed by atoms with Crippen LogP contribution in [0.15, 0.2) is 30.7 Å². The fourth-order valence-electron chi connectivity index (χ4n) is 3.27. The van der Waals surface area contributed by atoms with E-state index in [1.165, 1.54) is 32.1 Å². The van der Waals surface area contributed by atoms with Gasteiger partial charge in [-0.1, -0.05) is 19.3 Å². The lowest BCUT2D eigenvalue weighted by atomic mass is 9.96. The number of nitrogens with two attached hydrogens (primary N) is 1. The van der Waals surface area contributed by atoms with E-state index in [1.807, 2.05) is 18.5 Å². The molecule has 1 unspecified atom stereocenters. The monoisotopic (exact) mass is 284 g/mol. The molecule has 0 amide bonds. The predicted molar refractivity (Wildman–Crippen MR) is 84.0 cm³/mol. The molecule has 21 heavy (non-hydrogen) atoms. The molecule has 112 valence electrons. The number of hydrogen-bond acceptors (Lipinski definition) is 3. The molecule has 1 atom stereocenters. The van der Waals surface area contributed by atoms with Crippen LogP contribution in [-0.2, 0) is 6.42 Å². The maximum absolute atomic E-state index is 6.34. The van der Waals surface area contributed by atoms with E-state index >= 15 is 0 Å². The van der Waals surface area contributed by atoms with Crippen molar-refractivity contribution in [1.82, 2.24) is 14.8 Å². The lowest BCUT2D eigenvalue weighted by molar-refractivity contribution is 0.328. The summed E-state index contributed by atoms with van der Waals surface area (Å²) >= 11 is 0. The summed E-state index contributed by atoms with van der Waals surface area (Å²) in [6.07, 6.45) is 13.1. The fourth-order valence-corrected chi connectivity index (χ4v) is 3.27. The van der Waals surface area contributed by atoms with Gasteiger partial charge in [-0.25, -0.2) is 0 Å². The summed E-state index contributed by atoms with van der Waals surface area (Å²) in [4.78, 5) is 4.12. The molecule has 0 bridgehead atoms. The molecular formula is C17H24N4. The Labute approximate surface area is 126 Å². The molecule has 0 saturated heterocycles. The second-order valence-corrected chi connectivity index (χ2v) is 6.12. The minimum absolute atomic E-state index is 0.0114. The van der Waals surface area contributed by atoms with Crippen molar-refractivity contribution in [2.75, 3.05) is 0 Å². The molecule has 0 radical (unpaired) electrons. The van der Waals surface area contributed by atoms with E-state index in [1.54, 1.807) is 0 Å². The molecule has 2 aromatic heterocycles. The van der Waals surface area contributed by atoms with Crippen LogP contribution in [0.5, 0.6) is 0 Å². The summed E-state index contributed by atoms with van der Waals surface area (Å²) in [5, 5.41) is 4.75. The lowest BCUT2D eigenvalue weighted by Gasteiger charge is -2.21. The number of aromatic nitrogens is 3. The Morgan fingerprint density at radius 2 is 2.10 bits per heavy atom. The molecule has 0 aliphatic heterocycles. The Kier molecular flexibility index (Phi) is 4.34. The second kappa shape index (κ2) is 6.39. The topological polar surface area (TPSA) is 56.7 Å². The van der Waals surface area contributed by atoms with Gasteiger partial charge in [0.2, 0.25) is 0 Å². The van der Waals surface area contributed by atoms with Crippen molar-refractivity contribution in [2.45, 2.75) is 57.5 Å². The first kappa shape index (κ1) is 14.3. The molecule has 1 fully saturated rings. The van der Waals surface area contributed by atoms with E-state index in [4.69, 9.17) is 10.8 Å². The molecule has 4 heteroatoms. The molecule has 1 saturated carbocycles. The molecule has 1 aliphatic carbocycles. The van der Waals surface area contributed by atoms with E-state index in [2.05, 4.69) is 28.9 Å². The Hall–Kier alpha value is -1.68. The fraction of sp³-hybridized carbons (Fsp3) is 0.529. The highest BCUT2D eigenvalue weighted by Crippen LogP contribution is 2.28.